The lowest BCUT2D eigenvalue weighted by atomic mass is 9.67. The largest absolute Gasteiger partial charge is 0.492 e. The Morgan fingerprint density at radius 1 is 1.19 bits per heavy atom. The molecule has 1 amide bonds. The second-order valence-electron chi connectivity index (χ2n) is 8.73. The molecule has 1 aromatic rings. The molecule has 3 rings (SSSR count). The van der Waals surface area contributed by atoms with Crippen molar-refractivity contribution in [1.29, 1.82) is 0 Å². The maximum absolute atomic E-state index is 14.4. The number of rotatable bonds is 10. The summed E-state index contributed by atoms with van der Waals surface area (Å²) < 4.78 is 50.2. The van der Waals surface area contributed by atoms with E-state index < -0.39 is 33.1 Å². The molecule has 174 valence electrons. The smallest absolute Gasteiger partial charge is 0.267 e. The SMILES string of the molecule is COCCS(=O)(=O)NC(=O)c1cc(Cl)c(OCCCC2CC3CCCC(C2)C3)cc1F. The van der Waals surface area contributed by atoms with Gasteiger partial charge in [0.25, 0.3) is 5.91 Å². The van der Waals surface area contributed by atoms with Crippen molar-refractivity contribution in [3.8, 4) is 5.75 Å². The molecule has 0 heterocycles. The molecule has 2 aliphatic rings. The van der Waals surface area contributed by atoms with Crippen LogP contribution in [0.1, 0.15) is 61.7 Å². The predicted octanol–water partition coefficient (Wildman–Crippen LogP) is 4.56. The van der Waals surface area contributed by atoms with Crippen molar-refractivity contribution in [1.82, 2.24) is 4.72 Å². The van der Waals surface area contributed by atoms with E-state index in [1.807, 2.05) is 4.72 Å². The minimum absolute atomic E-state index is 0.0630. The van der Waals surface area contributed by atoms with E-state index in [2.05, 4.69) is 4.74 Å². The number of carbonyl (C=O) groups excluding carboxylic acids is 1. The van der Waals surface area contributed by atoms with Gasteiger partial charge in [-0.05, 0) is 55.9 Å². The predicted molar refractivity (Wildman–Crippen MR) is 117 cm³/mol. The summed E-state index contributed by atoms with van der Waals surface area (Å²) >= 11 is 6.15. The van der Waals surface area contributed by atoms with Crippen LogP contribution in [0.2, 0.25) is 5.02 Å². The van der Waals surface area contributed by atoms with Crippen molar-refractivity contribution < 1.29 is 27.1 Å². The summed E-state index contributed by atoms with van der Waals surface area (Å²) in [7, 11) is -2.59. The van der Waals surface area contributed by atoms with Crippen molar-refractivity contribution in [3.05, 3.63) is 28.5 Å². The second kappa shape index (κ2) is 11.0. The number of hydrogen-bond acceptors (Lipinski definition) is 5. The number of ether oxygens (including phenoxy) is 2. The fourth-order valence-corrected chi connectivity index (χ4v) is 6.01. The number of benzene rings is 1. The summed E-state index contributed by atoms with van der Waals surface area (Å²) in [5, 5.41) is 0.0630. The third kappa shape index (κ3) is 7.05. The summed E-state index contributed by atoms with van der Waals surface area (Å²) in [6.07, 6.45) is 10.1. The fourth-order valence-electron chi connectivity index (χ4n) is 4.91. The second-order valence-corrected chi connectivity index (χ2v) is 11.0. The number of nitrogens with one attached hydrogen (secondary N) is 1. The molecule has 2 fully saturated rings. The van der Waals surface area contributed by atoms with Crippen LogP contribution in [-0.2, 0) is 14.8 Å². The first kappa shape index (κ1) is 24.3. The lowest BCUT2D eigenvalue weighted by molar-refractivity contribution is 0.0977. The van der Waals surface area contributed by atoms with E-state index in [0.29, 0.717) is 6.61 Å². The Morgan fingerprint density at radius 2 is 1.90 bits per heavy atom. The summed E-state index contributed by atoms with van der Waals surface area (Å²) in [4.78, 5) is 12.2. The zero-order valence-electron chi connectivity index (χ0n) is 17.9. The van der Waals surface area contributed by atoms with E-state index in [1.165, 1.54) is 45.6 Å². The highest BCUT2D eigenvalue weighted by molar-refractivity contribution is 7.90. The van der Waals surface area contributed by atoms with Gasteiger partial charge < -0.3 is 9.47 Å². The highest BCUT2D eigenvalue weighted by Crippen LogP contribution is 2.43. The van der Waals surface area contributed by atoms with Crippen molar-refractivity contribution in [2.75, 3.05) is 26.1 Å². The Balaban J connectivity index is 1.50. The number of sulfonamides is 1. The van der Waals surface area contributed by atoms with E-state index in [1.54, 1.807) is 0 Å². The fraction of sp³-hybridized carbons (Fsp3) is 0.682. The lowest BCUT2D eigenvalue weighted by Gasteiger charge is -2.39. The first-order chi connectivity index (χ1) is 14.8. The van der Waals surface area contributed by atoms with Gasteiger partial charge in [0, 0.05) is 13.2 Å². The van der Waals surface area contributed by atoms with Gasteiger partial charge in [-0.3, -0.25) is 4.79 Å². The van der Waals surface area contributed by atoms with Crippen molar-refractivity contribution >= 4 is 27.5 Å². The van der Waals surface area contributed by atoms with E-state index in [4.69, 9.17) is 16.3 Å². The standard InChI is InChI=1S/C22H31ClFNO5S/c1-29-8-9-31(27,28)25-22(26)18-13-19(23)21(14-20(18)24)30-7-3-6-17-11-15-4-2-5-16(10-15)12-17/h13-17H,2-12H2,1H3,(H,25,26). The Labute approximate surface area is 188 Å². The molecule has 9 heteroatoms. The van der Waals surface area contributed by atoms with E-state index in [9.17, 15) is 17.6 Å². The van der Waals surface area contributed by atoms with E-state index in [-0.39, 0.29) is 17.4 Å². The molecule has 1 aromatic carbocycles. The molecule has 0 aliphatic heterocycles. The molecule has 2 unspecified atom stereocenters. The number of carbonyl (C=O) groups is 1. The maximum atomic E-state index is 14.4. The van der Waals surface area contributed by atoms with Crippen molar-refractivity contribution in [3.63, 3.8) is 0 Å². The first-order valence-corrected chi connectivity index (χ1v) is 13.0. The average molecular weight is 476 g/mol. The molecule has 0 saturated heterocycles. The van der Waals surface area contributed by atoms with Crippen LogP contribution in [0.15, 0.2) is 12.1 Å². The van der Waals surface area contributed by atoms with Gasteiger partial charge in [-0.15, -0.1) is 0 Å². The molecule has 0 aromatic heterocycles. The van der Waals surface area contributed by atoms with Crippen LogP contribution in [0, 0.1) is 23.6 Å². The van der Waals surface area contributed by atoms with Gasteiger partial charge in [0.15, 0.2) is 0 Å². The van der Waals surface area contributed by atoms with Crippen LogP contribution in [0.3, 0.4) is 0 Å². The van der Waals surface area contributed by atoms with Gasteiger partial charge in [0.05, 0.1) is 29.6 Å². The molecule has 1 N–H and O–H groups in total. The minimum Gasteiger partial charge on any atom is -0.492 e. The summed E-state index contributed by atoms with van der Waals surface area (Å²) in [6, 6.07) is 2.12. The summed E-state index contributed by atoms with van der Waals surface area (Å²) in [6.45, 7) is 0.336. The van der Waals surface area contributed by atoms with Crippen LogP contribution in [-0.4, -0.2) is 40.4 Å². The average Bonchev–Trinajstić information content (AvgIpc) is 2.71. The molecule has 0 radical (unpaired) electrons. The zero-order valence-corrected chi connectivity index (χ0v) is 19.4. The van der Waals surface area contributed by atoms with Gasteiger partial charge in [-0.1, -0.05) is 30.9 Å². The number of halogens is 2. The molecular formula is C22H31ClFNO5S. The highest BCUT2D eigenvalue weighted by atomic mass is 35.5. The molecule has 0 spiro atoms. The monoisotopic (exact) mass is 475 g/mol. The number of methoxy groups -OCH3 is 1. The van der Waals surface area contributed by atoms with Gasteiger partial charge in [0.2, 0.25) is 10.0 Å². The van der Waals surface area contributed by atoms with E-state index >= 15 is 0 Å². The molecule has 2 atom stereocenters. The minimum atomic E-state index is -3.93. The summed E-state index contributed by atoms with van der Waals surface area (Å²) in [5.74, 6) is 0.292. The molecule has 6 nitrogen and oxygen atoms in total. The van der Waals surface area contributed by atoms with Gasteiger partial charge in [-0.25, -0.2) is 17.5 Å². The highest BCUT2D eigenvalue weighted by Gasteiger charge is 2.31. The van der Waals surface area contributed by atoms with E-state index in [0.717, 1.165) is 42.7 Å². The Kier molecular flexibility index (Phi) is 8.58. The number of hydrogen-bond donors (Lipinski definition) is 1. The lowest BCUT2D eigenvalue weighted by Crippen LogP contribution is -2.34. The first-order valence-electron chi connectivity index (χ1n) is 10.9. The van der Waals surface area contributed by atoms with Gasteiger partial charge in [0.1, 0.15) is 11.6 Å². The van der Waals surface area contributed by atoms with Crippen LogP contribution in [0.5, 0.6) is 5.75 Å². The van der Waals surface area contributed by atoms with Gasteiger partial charge in [-0.2, -0.15) is 0 Å². The van der Waals surface area contributed by atoms with Crippen LogP contribution in [0.4, 0.5) is 4.39 Å². The van der Waals surface area contributed by atoms with Crippen LogP contribution >= 0.6 is 11.6 Å². The maximum Gasteiger partial charge on any atom is 0.267 e. The topological polar surface area (TPSA) is 81.7 Å². The van der Waals surface area contributed by atoms with Gasteiger partial charge >= 0.3 is 0 Å². The molecule has 2 saturated carbocycles. The molecular weight excluding hydrogens is 445 g/mol. The Morgan fingerprint density at radius 3 is 2.58 bits per heavy atom. The Bertz CT molecular complexity index is 867. The zero-order chi connectivity index (χ0) is 22.4. The quantitative estimate of drug-likeness (QED) is 0.501. The molecule has 2 bridgehead atoms. The third-order valence-corrected chi connectivity index (χ3v) is 7.81. The van der Waals surface area contributed by atoms with Crippen molar-refractivity contribution in [2.45, 2.75) is 51.4 Å². The Hall–Kier alpha value is -1.38. The normalized spacial score (nSPS) is 23.4. The van der Waals surface area contributed by atoms with Crippen LogP contribution in [0.25, 0.3) is 0 Å². The molecule has 2 aliphatic carbocycles. The summed E-state index contributed by atoms with van der Waals surface area (Å²) in [5.41, 5.74) is -0.452. The third-order valence-electron chi connectivity index (χ3n) is 6.31. The number of fused-ring (bicyclic) bond motifs is 2. The van der Waals surface area contributed by atoms with Crippen molar-refractivity contribution in [2.24, 2.45) is 17.8 Å². The molecule has 31 heavy (non-hydrogen) atoms. The number of amides is 1. The van der Waals surface area contributed by atoms with Crippen LogP contribution < -0.4 is 9.46 Å².